The molecule has 3 aromatic rings. The molecule has 0 saturated carbocycles. The molecule has 0 spiro atoms. The van der Waals surface area contributed by atoms with Crippen LogP contribution >= 0.6 is 0 Å². The average Bonchev–Trinajstić information content (AvgIpc) is 3.24. The Kier molecular flexibility index (Phi) is 5.33. The average molecular weight is 337 g/mol. The fourth-order valence-electron chi connectivity index (χ4n) is 2.59. The van der Waals surface area contributed by atoms with E-state index in [1.54, 1.807) is 0 Å². The molecule has 0 aliphatic carbocycles. The SMILES string of the molecule is CCc1ccc(CCC(=O)Nc2ccn(Cc3ccc(C)cc3)n2)o1. The maximum atomic E-state index is 12.1. The van der Waals surface area contributed by atoms with Crippen molar-refractivity contribution in [2.24, 2.45) is 0 Å². The largest absolute Gasteiger partial charge is 0.466 e. The first-order valence-corrected chi connectivity index (χ1v) is 8.59. The van der Waals surface area contributed by atoms with Gasteiger partial charge in [-0.15, -0.1) is 0 Å². The monoisotopic (exact) mass is 337 g/mol. The van der Waals surface area contributed by atoms with Gasteiger partial charge in [-0.2, -0.15) is 5.10 Å². The lowest BCUT2D eigenvalue weighted by atomic mass is 10.1. The second-order valence-corrected chi connectivity index (χ2v) is 6.15. The predicted molar refractivity (Wildman–Crippen MR) is 97.5 cm³/mol. The number of amides is 1. The normalized spacial score (nSPS) is 10.8. The second-order valence-electron chi connectivity index (χ2n) is 6.15. The molecule has 1 aromatic carbocycles. The standard InChI is InChI=1S/C20H23N3O2/c1-3-17-8-9-18(25-17)10-11-20(24)21-19-12-13-23(22-19)14-16-6-4-15(2)5-7-16/h4-9,12-13H,3,10-11,14H2,1-2H3,(H,21,22,24). The van der Waals surface area contributed by atoms with Gasteiger partial charge in [0.15, 0.2) is 5.82 Å². The third-order valence-corrected chi connectivity index (χ3v) is 4.04. The Morgan fingerprint density at radius 2 is 1.88 bits per heavy atom. The summed E-state index contributed by atoms with van der Waals surface area (Å²) in [5.41, 5.74) is 2.41. The highest BCUT2D eigenvalue weighted by molar-refractivity contribution is 5.89. The van der Waals surface area contributed by atoms with Crippen molar-refractivity contribution in [3.63, 3.8) is 0 Å². The molecule has 2 heterocycles. The van der Waals surface area contributed by atoms with E-state index < -0.39 is 0 Å². The smallest absolute Gasteiger partial charge is 0.226 e. The van der Waals surface area contributed by atoms with Gasteiger partial charge in [-0.3, -0.25) is 9.48 Å². The molecule has 130 valence electrons. The van der Waals surface area contributed by atoms with E-state index >= 15 is 0 Å². The lowest BCUT2D eigenvalue weighted by Gasteiger charge is -2.03. The van der Waals surface area contributed by atoms with Gasteiger partial charge < -0.3 is 9.73 Å². The first-order chi connectivity index (χ1) is 12.1. The molecule has 0 atom stereocenters. The zero-order chi connectivity index (χ0) is 17.6. The molecule has 0 aliphatic heterocycles. The quantitative estimate of drug-likeness (QED) is 0.710. The molecule has 0 unspecified atom stereocenters. The van der Waals surface area contributed by atoms with Gasteiger partial charge >= 0.3 is 0 Å². The minimum absolute atomic E-state index is 0.0602. The summed E-state index contributed by atoms with van der Waals surface area (Å²) in [6, 6.07) is 14.0. The van der Waals surface area contributed by atoms with Crippen LogP contribution in [-0.4, -0.2) is 15.7 Å². The van der Waals surface area contributed by atoms with Crippen LogP contribution in [0.2, 0.25) is 0 Å². The van der Waals surface area contributed by atoms with Crippen molar-refractivity contribution >= 4 is 11.7 Å². The van der Waals surface area contributed by atoms with E-state index in [-0.39, 0.29) is 5.91 Å². The Labute approximate surface area is 147 Å². The number of anilines is 1. The van der Waals surface area contributed by atoms with Crippen LogP contribution in [0.25, 0.3) is 0 Å². The number of hydrogen-bond acceptors (Lipinski definition) is 3. The van der Waals surface area contributed by atoms with E-state index in [9.17, 15) is 4.79 Å². The Bertz CT molecular complexity index is 831. The molecular formula is C20H23N3O2. The molecule has 0 radical (unpaired) electrons. The van der Waals surface area contributed by atoms with Crippen molar-refractivity contribution in [2.45, 2.75) is 39.7 Å². The molecule has 5 nitrogen and oxygen atoms in total. The molecular weight excluding hydrogens is 314 g/mol. The van der Waals surface area contributed by atoms with Gasteiger partial charge in [0.05, 0.1) is 6.54 Å². The maximum Gasteiger partial charge on any atom is 0.226 e. The van der Waals surface area contributed by atoms with Crippen LogP contribution in [0.1, 0.15) is 36.0 Å². The van der Waals surface area contributed by atoms with Crippen LogP contribution in [-0.2, 0) is 24.2 Å². The predicted octanol–water partition coefficient (Wildman–Crippen LogP) is 3.97. The van der Waals surface area contributed by atoms with Gasteiger partial charge in [0, 0.05) is 31.5 Å². The molecule has 1 amide bonds. The summed E-state index contributed by atoms with van der Waals surface area (Å²) < 4.78 is 7.43. The van der Waals surface area contributed by atoms with E-state index in [0.717, 1.165) is 17.9 Å². The number of aryl methyl sites for hydroxylation is 3. The van der Waals surface area contributed by atoms with Gasteiger partial charge in [0.2, 0.25) is 5.91 Å². The lowest BCUT2D eigenvalue weighted by Crippen LogP contribution is -2.13. The molecule has 2 aromatic heterocycles. The Balaban J connectivity index is 1.50. The van der Waals surface area contributed by atoms with Gasteiger partial charge in [-0.05, 0) is 24.6 Å². The van der Waals surface area contributed by atoms with Crippen LogP contribution < -0.4 is 5.32 Å². The topological polar surface area (TPSA) is 60.1 Å². The number of hydrogen-bond donors (Lipinski definition) is 1. The van der Waals surface area contributed by atoms with Crippen molar-refractivity contribution in [3.05, 3.63) is 71.3 Å². The van der Waals surface area contributed by atoms with E-state index in [1.165, 1.54) is 11.1 Å². The van der Waals surface area contributed by atoms with Gasteiger partial charge in [-0.25, -0.2) is 0 Å². The highest BCUT2D eigenvalue weighted by Crippen LogP contribution is 2.12. The molecule has 1 N–H and O–H groups in total. The minimum Gasteiger partial charge on any atom is -0.466 e. The highest BCUT2D eigenvalue weighted by atomic mass is 16.3. The third-order valence-electron chi connectivity index (χ3n) is 4.04. The first kappa shape index (κ1) is 17.0. The van der Waals surface area contributed by atoms with E-state index in [0.29, 0.717) is 25.2 Å². The van der Waals surface area contributed by atoms with Crippen LogP contribution in [0, 0.1) is 6.92 Å². The van der Waals surface area contributed by atoms with Gasteiger partial charge in [0.25, 0.3) is 0 Å². The van der Waals surface area contributed by atoms with E-state index in [2.05, 4.69) is 41.6 Å². The van der Waals surface area contributed by atoms with Crippen LogP contribution in [0.4, 0.5) is 5.82 Å². The second kappa shape index (κ2) is 7.83. The molecule has 0 fully saturated rings. The summed E-state index contributed by atoms with van der Waals surface area (Å²) >= 11 is 0. The van der Waals surface area contributed by atoms with Crippen molar-refractivity contribution < 1.29 is 9.21 Å². The highest BCUT2D eigenvalue weighted by Gasteiger charge is 2.08. The van der Waals surface area contributed by atoms with Crippen molar-refractivity contribution in [3.8, 4) is 0 Å². The Hall–Kier alpha value is -2.82. The minimum atomic E-state index is -0.0602. The zero-order valence-electron chi connectivity index (χ0n) is 14.7. The Morgan fingerprint density at radius 1 is 1.12 bits per heavy atom. The number of carbonyl (C=O) groups is 1. The zero-order valence-corrected chi connectivity index (χ0v) is 14.7. The first-order valence-electron chi connectivity index (χ1n) is 8.59. The number of nitrogens with zero attached hydrogens (tertiary/aromatic N) is 2. The molecule has 25 heavy (non-hydrogen) atoms. The maximum absolute atomic E-state index is 12.1. The molecule has 0 bridgehead atoms. The van der Waals surface area contributed by atoms with Gasteiger partial charge in [-0.1, -0.05) is 36.8 Å². The summed E-state index contributed by atoms with van der Waals surface area (Å²) in [4.78, 5) is 12.1. The van der Waals surface area contributed by atoms with Crippen LogP contribution in [0.3, 0.4) is 0 Å². The number of carbonyl (C=O) groups excluding carboxylic acids is 1. The summed E-state index contributed by atoms with van der Waals surface area (Å²) in [7, 11) is 0. The Morgan fingerprint density at radius 3 is 2.60 bits per heavy atom. The summed E-state index contributed by atoms with van der Waals surface area (Å²) in [6.45, 7) is 4.79. The molecule has 3 rings (SSSR count). The summed E-state index contributed by atoms with van der Waals surface area (Å²) in [5.74, 6) is 2.31. The number of rotatable bonds is 7. The van der Waals surface area contributed by atoms with Crippen molar-refractivity contribution in [2.75, 3.05) is 5.32 Å². The van der Waals surface area contributed by atoms with Crippen molar-refractivity contribution in [1.82, 2.24) is 9.78 Å². The summed E-state index contributed by atoms with van der Waals surface area (Å²) in [5, 5.41) is 7.24. The van der Waals surface area contributed by atoms with Crippen LogP contribution in [0.5, 0.6) is 0 Å². The fraction of sp³-hybridized carbons (Fsp3) is 0.300. The molecule has 0 aliphatic rings. The van der Waals surface area contributed by atoms with E-state index in [1.807, 2.05) is 36.0 Å². The number of benzene rings is 1. The summed E-state index contributed by atoms with van der Waals surface area (Å²) in [6.07, 6.45) is 3.71. The molecule has 0 saturated heterocycles. The van der Waals surface area contributed by atoms with E-state index in [4.69, 9.17) is 4.42 Å². The number of nitrogens with one attached hydrogen (secondary N) is 1. The fourth-order valence-corrected chi connectivity index (χ4v) is 2.59. The number of furan rings is 1. The lowest BCUT2D eigenvalue weighted by molar-refractivity contribution is -0.116. The van der Waals surface area contributed by atoms with Gasteiger partial charge in [0.1, 0.15) is 11.5 Å². The van der Waals surface area contributed by atoms with Crippen LogP contribution in [0.15, 0.2) is 53.1 Å². The molecule has 5 heteroatoms. The third kappa shape index (κ3) is 4.83. The number of aromatic nitrogens is 2. The van der Waals surface area contributed by atoms with Crippen molar-refractivity contribution in [1.29, 1.82) is 0 Å².